The Balaban J connectivity index is 2.32. The van der Waals surface area contributed by atoms with E-state index in [9.17, 15) is 19.5 Å². The summed E-state index contributed by atoms with van der Waals surface area (Å²) in [6.07, 6.45) is 1.76. The largest absolute Gasteiger partial charge is 0.507 e. The van der Waals surface area contributed by atoms with Crippen LogP contribution in [-0.4, -0.2) is 48.0 Å². The molecule has 0 saturated carbocycles. The van der Waals surface area contributed by atoms with Gasteiger partial charge in [-0.2, -0.15) is 0 Å². The van der Waals surface area contributed by atoms with Crippen LogP contribution < -0.4 is 5.32 Å². The third-order valence-corrected chi connectivity index (χ3v) is 5.18. The van der Waals surface area contributed by atoms with Gasteiger partial charge in [0.2, 0.25) is 5.91 Å². The maximum absolute atomic E-state index is 13.1. The predicted octanol–water partition coefficient (Wildman–Crippen LogP) is 2.81. The van der Waals surface area contributed by atoms with E-state index in [4.69, 9.17) is 4.74 Å². The molecule has 1 aromatic carbocycles. The Hall–Kier alpha value is -2.83. The number of ether oxygens (including phenoxy) is 1. The number of benzene rings is 1. The Morgan fingerprint density at radius 2 is 1.96 bits per heavy atom. The van der Waals surface area contributed by atoms with Gasteiger partial charge in [-0.25, -0.2) is 0 Å². The minimum absolute atomic E-state index is 0.0695. The molecular weight excluding hydrogens is 360 g/mol. The van der Waals surface area contributed by atoms with Crippen molar-refractivity contribution >= 4 is 23.5 Å². The van der Waals surface area contributed by atoms with Crippen LogP contribution in [0.25, 0.3) is 0 Å². The van der Waals surface area contributed by atoms with E-state index in [0.717, 1.165) is 6.08 Å². The lowest BCUT2D eigenvalue weighted by molar-refractivity contribution is -0.148. The monoisotopic (exact) mass is 388 g/mol. The summed E-state index contributed by atoms with van der Waals surface area (Å²) in [6.45, 7) is 10.3. The van der Waals surface area contributed by atoms with Crippen LogP contribution in [0.2, 0.25) is 0 Å². The minimum atomic E-state index is -0.419. The highest BCUT2D eigenvalue weighted by molar-refractivity contribution is 6.02. The molecule has 0 unspecified atom stereocenters. The Morgan fingerprint density at radius 1 is 1.29 bits per heavy atom. The van der Waals surface area contributed by atoms with Crippen LogP contribution in [0.1, 0.15) is 37.6 Å². The molecule has 2 rings (SSSR count). The van der Waals surface area contributed by atoms with E-state index in [1.807, 2.05) is 0 Å². The SMILES string of the molecule is C=CC(=O)Nc1ccc(O)c(C(=O)N2C[C@H](C(=O)OC)C[C@H](C(C)(C)C)C2)c1. The Labute approximate surface area is 165 Å². The Morgan fingerprint density at radius 3 is 2.54 bits per heavy atom. The summed E-state index contributed by atoms with van der Waals surface area (Å²) in [5, 5.41) is 12.8. The van der Waals surface area contributed by atoms with Crippen molar-refractivity contribution in [2.24, 2.45) is 17.3 Å². The van der Waals surface area contributed by atoms with Crippen LogP contribution in [-0.2, 0) is 14.3 Å². The molecule has 0 aromatic heterocycles. The zero-order valence-corrected chi connectivity index (χ0v) is 16.8. The fraction of sp³-hybridized carbons (Fsp3) is 0.476. The molecule has 0 radical (unpaired) electrons. The van der Waals surface area contributed by atoms with E-state index in [-0.39, 0.29) is 35.2 Å². The maximum atomic E-state index is 13.1. The fourth-order valence-corrected chi connectivity index (χ4v) is 3.38. The van der Waals surface area contributed by atoms with Gasteiger partial charge >= 0.3 is 5.97 Å². The van der Waals surface area contributed by atoms with Gasteiger partial charge < -0.3 is 20.1 Å². The number of piperidine rings is 1. The number of hydrogen-bond acceptors (Lipinski definition) is 5. The molecule has 7 nitrogen and oxygen atoms in total. The summed E-state index contributed by atoms with van der Waals surface area (Å²) >= 11 is 0. The van der Waals surface area contributed by atoms with E-state index < -0.39 is 17.7 Å². The summed E-state index contributed by atoms with van der Waals surface area (Å²) in [6, 6.07) is 4.28. The van der Waals surface area contributed by atoms with Gasteiger partial charge in [0.25, 0.3) is 5.91 Å². The molecule has 7 heteroatoms. The van der Waals surface area contributed by atoms with Crippen LogP contribution in [0, 0.1) is 17.3 Å². The number of anilines is 1. The predicted molar refractivity (Wildman–Crippen MR) is 106 cm³/mol. The van der Waals surface area contributed by atoms with Crippen LogP contribution in [0.4, 0.5) is 5.69 Å². The molecule has 2 N–H and O–H groups in total. The number of nitrogens with one attached hydrogen (secondary N) is 1. The highest BCUT2D eigenvalue weighted by Gasteiger charge is 2.39. The molecule has 0 spiro atoms. The summed E-state index contributed by atoms with van der Waals surface area (Å²) in [5.74, 6) is -1.66. The van der Waals surface area contributed by atoms with E-state index in [1.54, 1.807) is 4.90 Å². The number of likely N-dealkylation sites (tertiary alicyclic amines) is 1. The highest BCUT2D eigenvalue weighted by atomic mass is 16.5. The number of nitrogens with zero attached hydrogens (tertiary/aromatic N) is 1. The topological polar surface area (TPSA) is 95.9 Å². The number of rotatable bonds is 4. The average molecular weight is 388 g/mol. The van der Waals surface area contributed by atoms with Gasteiger partial charge in [-0.15, -0.1) is 0 Å². The van der Waals surface area contributed by atoms with Crippen molar-refractivity contribution in [3.63, 3.8) is 0 Å². The van der Waals surface area contributed by atoms with Crippen LogP contribution in [0.15, 0.2) is 30.9 Å². The minimum Gasteiger partial charge on any atom is -0.507 e. The summed E-state index contributed by atoms with van der Waals surface area (Å²) in [4.78, 5) is 38.4. The maximum Gasteiger partial charge on any atom is 0.310 e. The van der Waals surface area contributed by atoms with Gasteiger partial charge in [-0.05, 0) is 42.0 Å². The second-order valence-electron chi connectivity index (χ2n) is 8.15. The molecule has 0 bridgehead atoms. The summed E-state index contributed by atoms with van der Waals surface area (Å²) in [5.41, 5.74) is 0.340. The van der Waals surface area contributed by atoms with E-state index in [1.165, 1.54) is 25.3 Å². The molecule has 1 heterocycles. The number of carbonyl (C=O) groups excluding carboxylic acids is 3. The summed E-state index contributed by atoms with van der Waals surface area (Å²) in [7, 11) is 1.34. The Bertz CT molecular complexity index is 781. The lowest BCUT2D eigenvalue weighted by Crippen LogP contribution is -2.49. The second kappa shape index (κ2) is 8.46. The first kappa shape index (κ1) is 21.5. The molecule has 1 fully saturated rings. The van der Waals surface area contributed by atoms with Crippen molar-refractivity contribution in [1.82, 2.24) is 4.90 Å². The molecule has 28 heavy (non-hydrogen) atoms. The molecular formula is C21H28N2O5. The van der Waals surface area contributed by atoms with Crippen molar-refractivity contribution < 1.29 is 24.2 Å². The number of phenols is 1. The van der Waals surface area contributed by atoms with Gasteiger partial charge in [-0.1, -0.05) is 27.4 Å². The number of methoxy groups -OCH3 is 1. The zero-order valence-electron chi connectivity index (χ0n) is 16.8. The van der Waals surface area contributed by atoms with E-state index in [0.29, 0.717) is 18.7 Å². The first-order valence-electron chi connectivity index (χ1n) is 9.20. The number of aromatic hydroxyl groups is 1. The third-order valence-electron chi connectivity index (χ3n) is 5.18. The Kier molecular flexibility index (Phi) is 6.48. The lowest BCUT2D eigenvalue weighted by atomic mass is 9.73. The fourth-order valence-electron chi connectivity index (χ4n) is 3.38. The van der Waals surface area contributed by atoms with E-state index >= 15 is 0 Å². The van der Waals surface area contributed by atoms with Crippen molar-refractivity contribution in [1.29, 1.82) is 0 Å². The van der Waals surface area contributed by atoms with Gasteiger partial charge in [0, 0.05) is 18.8 Å². The van der Waals surface area contributed by atoms with Crippen molar-refractivity contribution in [2.45, 2.75) is 27.2 Å². The molecule has 1 aliphatic heterocycles. The molecule has 2 atom stereocenters. The number of phenolic OH excluding ortho intramolecular Hbond substituents is 1. The van der Waals surface area contributed by atoms with E-state index in [2.05, 4.69) is 32.7 Å². The standard InChI is InChI=1S/C21H28N2O5/c1-6-18(25)22-15-7-8-17(24)16(10-15)19(26)23-11-13(20(27)28-5)9-14(12-23)21(2,3)4/h6-8,10,13-14,24H,1,9,11-12H2,2-5H3,(H,22,25)/t13-,14+/m1/s1. The zero-order chi connectivity index (χ0) is 21.1. The molecule has 1 aromatic rings. The first-order chi connectivity index (χ1) is 13.1. The normalized spacial score (nSPS) is 19.6. The van der Waals surface area contributed by atoms with Crippen LogP contribution in [0.5, 0.6) is 5.75 Å². The number of carbonyl (C=O) groups is 3. The third kappa shape index (κ3) is 4.91. The first-order valence-corrected chi connectivity index (χ1v) is 9.20. The van der Waals surface area contributed by atoms with Crippen molar-refractivity contribution in [3.05, 3.63) is 36.4 Å². The van der Waals surface area contributed by atoms with Crippen molar-refractivity contribution in [3.8, 4) is 5.75 Å². The average Bonchev–Trinajstić information content (AvgIpc) is 2.67. The van der Waals surface area contributed by atoms with Gasteiger partial charge in [0.05, 0.1) is 18.6 Å². The quantitative estimate of drug-likeness (QED) is 0.470. The highest BCUT2D eigenvalue weighted by Crippen LogP contribution is 2.37. The van der Waals surface area contributed by atoms with Gasteiger partial charge in [-0.3, -0.25) is 14.4 Å². The molecule has 0 aliphatic carbocycles. The summed E-state index contributed by atoms with van der Waals surface area (Å²) < 4.78 is 4.90. The van der Waals surface area contributed by atoms with Crippen LogP contribution >= 0.6 is 0 Å². The van der Waals surface area contributed by atoms with Crippen molar-refractivity contribution in [2.75, 3.05) is 25.5 Å². The molecule has 1 aliphatic rings. The number of amides is 2. The van der Waals surface area contributed by atoms with Gasteiger partial charge in [0.15, 0.2) is 0 Å². The smallest absolute Gasteiger partial charge is 0.310 e. The molecule has 2 amide bonds. The number of esters is 1. The lowest BCUT2D eigenvalue weighted by Gasteiger charge is -2.42. The van der Waals surface area contributed by atoms with Gasteiger partial charge in [0.1, 0.15) is 5.75 Å². The second-order valence-corrected chi connectivity index (χ2v) is 8.15. The molecule has 152 valence electrons. The number of hydrogen-bond donors (Lipinski definition) is 2. The molecule has 1 saturated heterocycles. The van der Waals surface area contributed by atoms with Crippen LogP contribution in [0.3, 0.4) is 0 Å².